The lowest BCUT2D eigenvalue weighted by Gasteiger charge is -2.14. The van der Waals surface area contributed by atoms with Crippen LogP contribution in [-0.2, 0) is 6.54 Å². The van der Waals surface area contributed by atoms with Gasteiger partial charge in [0.25, 0.3) is 5.91 Å². The van der Waals surface area contributed by atoms with E-state index in [2.05, 4.69) is 20.2 Å². The Morgan fingerprint density at radius 1 is 1.53 bits per heavy atom. The minimum atomic E-state index is -0.358. The quantitative estimate of drug-likeness (QED) is 0.765. The molecule has 2 aromatic rings. The predicted octanol–water partition coefficient (Wildman–Crippen LogP) is -0.235. The standard InChI is InChI=1S/C10H11N5O2/c1-15(5-9-12-6-13-14-9)10(17)7-4-11-3-2-8(7)16/h2-4,6H,5H2,1H3,(H,11,16)(H,12,13,14). The van der Waals surface area contributed by atoms with Crippen LogP contribution in [0.2, 0.25) is 0 Å². The van der Waals surface area contributed by atoms with Crippen LogP contribution >= 0.6 is 0 Å². The molecular formula is C10H11N5O2. The van der Waals surface area contributed by atoms with Gasteiger partial charge in [-0.1, -0.05) is 0 Å². The van der Waals surface area contributed by atoms with E-state index >= 15 is 0 Å². The van der Waals surface area contributed by atoms with Gasteiger partial charge in [-0.15, -0.1) is 0 Å². The molecule has 0 spiro atoms. The van der Waals surface area contributed by atoms with E-state index in [0.717, 1.165) is 0 Å². The highest BCUT2D eigenvalue weighted by molar-refractivity contribution is 5.93. The molecule has 88 valence electrons. The van der Waals surface area contributed by atoms with Gasteiger partial charge in [0, 0.05) is 25.5 Å². The number of aromatic amines is 2. The smallest absolute Gasteiger partial charge is 0.259 e. The summed E-state index contributed by atoms with van der Waals surface area (Å²) in [4.78, 5) is 31.4. The van der Waals surface area contributed by atoms with Gasteiger partial charge in [0.05, 0.1) is 6.54 Å². The maximum atomic E-state index is 11.9. The number of nitrogens with one attached hydrogen (secondary N) is 2. The molecule has 2 N–H and O–H groups in total. The Morgan fingerprint density at radius 2 is 2.35 bits per heavy atom. The van der Waals surface area contributed by atoms with Gasteiger partial charge in [-0.3, -0.25) is 14.7 Å². The predicted molar refractivity (Wildman–Crippen MR) is 59.2 cm³/mol. The van der Waals surface area contributed by atoms with Gasteiger partial charge in [0.1, 0.15) is 17.7 Å². The molecule has 0 aliphatic carbocycles. The molecule has 2 heterocycles. The second kappa shape index (κ2) is 4.60. The van der Waals surface area contributed by atoms with Crippen molar-refractivity contribution in [3.8, 4) is 0 Å². The highest BCUT2D eigenvalue weighted by atomic mass is 16.2. The lowest BCUT2D eigenvalue weighted by molar-refractivity contribution is 0.0780. The molecule has 17 heavy (non-hydrogen) atoms. The van der Waals surface area contributed by atoms with Crippen LogP contribution < -0.4 is 5.43 Å². The number of carbonyl (C=O) groups excluding carboxylic acids is 1. The minimum absolute atomic E-state index is 0.106. The number of H-pyrrole nitrogens is 2. The number of amides is 1. The van der Waals surface area contributed by atoms with E-state index < -0.39 is 0 Å². The third kappa shape index (κ3) is 2.39. The number of hydrogen-bond donors (Lipinski definition) is 2. The zero-order valence-corrected chi connectivity index (χ0v) is 9.17. The van der Waals surface area contributed by atoms with E-state index in [1.165, 1.54) is 29.7 Å². The van der Waals surface area contributed by atoms with Crippen molar-refractivity contribution in [1.82, 2.24) is 25.1 Å². The molecule has 0 fully saturated rings. The van der Waals surface area contributed by atoms with Crippen LogP contribution in [0.5, 0.6) is 0 Å². The Balaban J connectivity index is 2.15. The van der Waals surface area contributed by atoms with Gasteiger partial charge in [0.2, 0.25) is 0 Å². The summed E-state index contributed by atoms with van der Waals surface area (Å²) in [6.07, 6.45) is 4.24. The topological polar surface area (TPSA) is 94.7 Å². The molecule has 0 bridgehead atoms. The zero-order valence-electron chi connectivity index (χ0n) is 9.17. The highest BCUT2D eigenvalue weighted by Gasteiger charge is 2.15. The summed E-state index contributed by atoms with van der Waals surface area (Å²) in [6.45, 7) is 0.271. The summed E-state index contributed by atoms with van der Waals surface area (Å²) in [7, 11) is 1.59. The first-order valence-corrected chi connectivity index (χ1v) is 4.95. The van der Waals surface area contributed by atoms with Crippen LogP contribution in [0.15, 0.2) is 29.6 Å². The fraction of sp³-hybridized carbons (Fsp3) is 0.200. The van der Waals surface area contributed by atoms with E-state index in [9.17, 15) is 9.59 Å². The van der Waals surface area contributed by atoms with E-state index in [1.54, 1.807) is 7.05 Å². The molecule has 7 heteroatoms. The fourth-order valence-electron chi connectivity index (χ4n) is 1.39. The zero-order chi connectivity index (χ0) is 12.3. The number of aromatic nitrogens is 4. The van der Waals surface area contributed by atoms with E-state index in [4.69, 9.17) is 0 Å². The van der Waals surface area contributed by atoms with Crippen LogP contribution in [0.1, 0.15) is 16.2 Å². The van der Waals surface area contributed by atoms with Crippen LogP contribution in [0, 0.1) is 0 Å². The second-order valence-corrected chi connectivity index (χ2v) is 3.52. The number of nitrogens with zero attached hydrogens (tertiary/aromatic N) is 3. The van der Waals surface area contributed by atoms with Crippen LogP contribution in [-0.4, -0.2) is 38.0 Å². The number of pyridine rings is 1. The number of carbonyl (C=O) groups is 1. The Bertz CT molecular complexity index is 560. The van der Waals surface area contributed by atoms with E-state index in [1.807, 2.05) is 0 Å². The summed E-state index contributed by atoms with van der Waals surface area (Å²) in [6, 6.07) is 1.32. The summed E-state index contributed by atoms with van der Waals surface area (Å²) in [5.74, 6) is 0.205. The summed E-state index contributed by atoms with van der Waals surface area (Å²) < 4.78 is 0. The largest absolute Gasteiger partial charge is 0.367 e. The molecule has 0 radical (unpaired) electrons. The van der Waals surface area contributed by atoms with Crippen molar-refractivity contribution in [3.63, 3.8) is 0 Å². The summed E-state index contributed by atoms with van der Waals surface area (Å²) >= 11 is 0. The molecule has 0 atom stereocenters. The van der Waals surface area contributed by atoms with Crippen molar-refractivity contribution in [3.05, 3.63) is 46.4 Å². The highest BCUT2D eigenvalue weighted by Crippen LogP contribution is 2.00. The number of rotatable bonds is 3. The molecule has 0 saturated heterocycles. The van der Waals surface area contributed by atoms with E-state index in [-0.39, 0.29) is 23.4 Å². The normalized spacial score (nSPS) is 10.2. The lowest BCUT2D eigenvalue weighted by atomic mass is 10.2. The van der Waals surface area contributed by atoms with Crippen molar-refractivity contribution in [1.29, 1.82) is 0 Å². The SMILES string of the molecule is CN(Cc1ncn[nH]1)C(=O)c1c[nH]ccc1=O. The second-order valence-electron chi connectivity index (χ2n) is 3.52. The first kappa shape index (κ1) is 11.1. The molecule has 0 saturated carbocycles. The molecule has 2 aromatic heterocycles. The van der Waals surface area contributed by atoms with Crippen LogP contribution in [0.3, 0.4) is 0 Å². The van der Waals surface area contributed by atoms with Gasteiger partial charge in [-0.05, 0) is 0 Å². The maximum absolute atomic E-state index is 11.9. The van der Waals surface area contributed by atoms with Gasteiger partial charge >= 0.3 is 0 Å². The van der Waals surface area contributed by atoms with E-state index in [0.29, 0.717) is 5.82 Å². The van der Waals surface area contributed by atoms with Crippen molar-refractivity contribution in [2.75, 3.05) is 7.05 Å². The van der Waals surface area contributed by atoms with Crippen LogP contribution in [0.25, 0.3) is 0 Å². The van der Waals surface area contributed by atoms with Crippen molar-refractivity contribution < 1.29 is 4.79 Å². The molecule has 2 rings (SSSR count). The summed E-state index contributed by atoms with van der Waals surface area (Å²) in [5.41, 5.74) is -0.201. The molecular weight excluding hydrogens is 222 g/mol. The molecule has 0 aromatic carbocycles. The fourth-order valence-corrected chi connectivity index (χ4v) is 1.39. The monoisotopic (exact) mass is 233 g/mol. The molecule has 0 aliphatic rings. The van der Waals surface area contributed by atoms with Gasteiger partial charge < -0.3 is 9.88 Å². The Morgan fingerprint density at radius 3 is 3.00 bits per heavy atom. The van der Waals surface area contributed by atoms with Gasteiger partial charge in [-0.25, -0.2) is 4.98 Å². The first-order chi connectivity index (χ1) is 8.18. The molecule has 7 nitrogen and oxygen atoms in total. The van der Waals surface area contributed by atoms with Crippen LogP contribution in [0.4, 0.5) is 0 Å². The molecule has 0 unspecified atom stereocenters. The van der Waals surface area contributed by atoms with Crippen molar-refractivity contribution >= 4 is 5.91 Å². The maximum Gasteiger partial charge on any atom is 0.259 e. The molecule has 0 aliphatic heterocycles. The average Bonchev–Trinajstić information content (AvgIpc) is 2.81. The lowest BCUT2D eigenvalue weighted by Crippen LogP contribution is -2.30. The third-order valence-electron chi connectivity index (χ3n) is 2.25. The average molecular weight is 233 g/mol. The Kier molecular flexibility index (Phi) is 2.99. The third-order valence-corrected chi connectivity index (χ3v) is 2.25. The summed E-state index contributed by atoms with van der Waals surface area (Å²) in [5, 5.41) is 6.33. The number of hydrogen-bond acceptors (Lipinski definition) is 4. The van der Waals surface area contributed by atoms with Gasteiger partial charge in [-0.2, -0.15) is 5.10 Å². The van der Waals surface area contributed by atoms with Crippen molar-refractivity contribution in [2.24, 2.45) is 0 Å². The Hall–Kier alpha value is -2.44. The van der Waals surface area contributed by atoms with Gasteiger partial charge in [0.15, 0.2) is 5.43 Å². The van der Waals surface area contributed by atoms with Crippen molar-refractivity contribution in [2.45, 2.75) is 6.54 Å². The minimum Gasteiger partial charge on any atom is -0.367 e. The molecule has 1 amide bonds. The Labute approximate surface area is 96.5 Å². The first-order valence-electron chi connectivity index (χ1n) is 4.95.